The number of aromatic hydroxyl groups is 1. The molecule has 1 amide bonds. The molecule has 0 heterocycles. The van der Waals surface area contributed by atoms with E-state index in [9.17, 15) is 9.90 Å². The van der Waals surface area contributed by atoms with E-state index >= 15 is 0 Å². The van der Waals surface area contributed by atoms with Crippen molar-refractivity contribution in [3.63, 3.8) is 0 Å². The molecule has 3 aromatic rings. The van der Waals surface area contributed by atoms with Crippen LogP contribution in [0.5, 0.6) is 17.2 Å². The standard InChI is InChI=1S/C34H44N2O4/c1-9-39-30-20-26(14-16-29(30)40-22-24-12-10-23(2)11-13-24)21-35-36-31(37)17-15-25-18-27(33(3,4)5)32(38)28(19-25)34(6,7)8/h10-14,16,18-21,38H,9,15,17,22H2,1-8H3,(H,36,37)/b35-21-. The smallest absolute Gasteiger partial charge is 0.240 e. The van der Waals surface area contributed by atoms with Crippen molar-refractivity contribution in [1.82, 2.24) is 5.43 Å². The average molecular weight is 545 g/mol. The van der Waals surface area contributed by atoms with Crippen molar-refractivity contribution in [3.05, 3.63) is 88.0 Å². The summed E-state index contributed by atoms with van der Waals surface area (Å²) < 4.78 is 11.8. The molecule has 0 fully saturated rings. The number of amides is 1. The van der Waals surface area contributed by atoms with Gasteiger partial charge in [0, 0.05) is 6.42 Å². The summed E-state index contributed by atoms with van der Waals surface area (Å²) in [5.41, 5.74) is 8.09. The molecule has 3 rings (SSSR count). The van der Waals surface area contributed by atoms with Gasteiger partial charge in [-0.2, -0.15) is 5.10 Å². The van der Waals surface area contributed by atoms with Gasteiger partial charge in [0.1, 0.15) is 12.4 Å². The highest BCUT2D eigenvalue weighted by molar-refractivity contribution is 5.83. The minimum atomic E-state index is -0.214. The molecule has 0 unspecified atom stereocenters. The zero-order valence-corrected chi connectivity index (χ0v) is 25.2. The highest BCUT2D eigenvalue weighted by Gasteiger charge is 2.26. The number of carbonyl (C=O) groups is 1. The Balaban J connectivity index is 1.63. The molecule has 0 atom stereocenters. The molecular formula is C34H44N2O4. The second-order valence-corrected chi connectivity index (χ2v) is 12.2. The second kappa shape index (κ2) is 13.0. The van der Waals surface area contributed by atoms with Gasteiger partial charge in [0.15, 0.2) is 11.5 Å². The molecule has 0 saturated heterocycles. The van der Waals surface area contributed by atoms with Crippen LogP contribution in [-0.4, -0.2) is 23.8 Å². The number of benzene rings is 3. The second-order valence-electron chi connectivity index (χ2n) is 12.2. The number of hydrogen-bond acceptors (Lipinski definition) is 5. The molecule has 6 nitrogen and oxygen atoms in total. The monoisotopic (exact) mass is 544 g/mol. The number of hydrazone groups is 1. The Morgan fingerprint density at radius 2 is 1.50 bits per heavy atom. The van der Waals surface area contributed by atoms with Gasteiger partial charge in [-0.25, -0.2) is 5.43 Å². The van der Waals surface area contributed by atoms with Gasteiger partial charge in [0.05, 0.1) is 12.8 Å². The predicted molar refractivity (Wildman–Crippen MR) is 163 cm³/mol. The van der Waals surface area contributed by atoms with E-state index in [1.165, 1.54) is 5.56 Å². The summed E-state index contributed by atoms with van der Waals surface area (Å²) in [6.07, 6.45) is 2.43. The van der Waals surface area contributed by atoms with Crippen molar-refractivity contribution >= 4 is 12.1 Å². The van der Waals surface area contributed by atoms with E-state index in [-0.39, 0.29) is 23.2 Å². The third-order valence-electron chi connectivity index (χ3n) is 6.61. The van der Waals surface area contributed by atoms with E-state index in [4.69, 9.17) is 9.47 Å². The highest BCUT2D eigenvalue weighted by Crippen LogP contribution is 2.40. The van der Waals surface area contributed by atoms with E-state index in [0.29, 0.717) is 36.9 Å². The fourth-order valence-electron chi connectivity index (χ4n) is 4.31. The van der Waals surface area contributed by atoms with Crippen LogP contribution in [0.1, 0.15) is 88.3 Å². The molecule has 0 radical (unpaired) electrons. The van der Waals surface area contributed by atoms with Gasteiger partial charge in [0.2, 0.25) is 5.91 Å². The number of phenols is 1. The SMILES string of the molecule is CCOc1cc(/C=N\NC(=O)CCc2cc(C(C)(C)C)c(O)c(C(C)(C)C)c2)ccc1OCc1ccc(C)cc1. The highest BCUT2D eigenvalue weighted by atomic mass is 16.5. The van der Waals surface area contributed by atoms with Crippen molar-refractivity contribution in [1.29, 1.82) is 0 Å². The van der Waals surface area contributed by atoms with E-state index in [2.05, 4.69) is 71.1 Å². The van der Waals surface area contributed by atoms with Gasteiger partial charge in [-0.1, -0.05) is 83.5 Å². The molecule has 0 aliphatic rings. The average Bonchev–Trinajstić information content (AvgIpc) is 2.87. The maximum absolute atomic E-state index is 12.6. The summed E-state index contributed by atoms with van der Waals surface area (Å²) in [6.45, 7) is 17.4. The molecule has 6 heteroatoms. The number of rotatable bonds is 10. The first-order valence-electron chi connectivity index (χ1n) is 13.9. The number of phenolic OH excluding ortho intramolecular Hbond substituents is 1. The quantitative estimate of drug-likeness (QED) is 0.206. The first-order valence-corrected chi connectivity index (χ1v) is 13.9. The molecule has 0 saturated carbocycles. The normalized spacial score (nSPS) is 12.0. The van der Waals surface area contributed by atoms with Crippen molar-refractivity contribution in [2.75, 3.05) is 6.61 Å². The molecule has 0 aliphatic heterocycles. The minimum Gasteiger partial charge on any atom is -0.507 e. The van der Waals surface area contributed by atoms with E-state index in [1.54, 1.807) is 6.21 Å². The van der Waals surface area contributed by atoms with Gasteiger partial charge >= 0.3 is 0 Å². The van der Waals surface area contributed by atoms with Crippen molar-refractivity contribution in [2.45, 2.75) is 85.7 Å². The Hall–Kier alpha value is -3.80. The van der Waals surface area contributed by atoms with Crippen LogP contribution in [0.2, 0.25) is 0 Å². The fourth-order valence-corrected chi connectivity index (χ4v) is 4.31. The van der Waals surface area contributed by atoms with Crippen LogP contribution in [-0.2, 0) is 28.7 Å². The van der Waals surface area contributed by atoms with E-state index < -0.39 is 0 Å². The number of carbonyl (C=O) groups excluding carboxylic acids is 1. The summed E-state index contributed by atoms with van der Waals surface area (Å²) in [5, 5.41) is 15.1. The van der Waals surface area contributed by atoms with Gasteiger partial charge in [-0.15, -0.1) is 0 Å². The maximum Gasteiger partial charge on any atom is 0.240 e. The van der Waals surface area contributed by atoms with Crippen LogP contribution in [0.3, 0.4) is 0 Å². The molecule has 40 heavy (non-hydrogen) atoms. The Bertz CT molecular complexity index is 1290. The Morgan fingerprint density at radius 1 is 0.875 bits per heavy atom. The molecule has 0 bridgehead atoms. The molecule has 3 aromatic carbocycles. The van der Waals surface area contributed by atoms with Crippen molar-refractivity contribution in [2.24, 2.45) is 5.10 Å². The number of ether oxygens (including phenoxy) is 2. The Kier molecular flexibility index (Phi) is 10.0. The first-order chi connectivity index (χ1) is 18.8. The summed E-state index contributed by atoms with van der Waals surface area (Å²) >= 11 is 0. The van der Waals surface area contributed by atoms with Gasteiger partial charge < -0.3 is 14.6 Å². The first kappa shape index (κ1) is 30.7. The lowest BCUT2D eigenvalue weighted by molar-refractivity contribution is -0.121. The van der Waals surface area contributed by atoms with Crippen LogP contribution in [0.4, 0.5) is 0 Å². The third kappa shape index (κ3) is 8.60. The van der Waals surface area contributed by atoms with Gasteiger partial charge in [0.25, 0.3) is 0 Å². The number of nitrogens with one attached hydrogen (secondary N) is 1. The summed E-state index contributed by atoms with van der Waals surface area (Å²) in [7, 11) is 0. The van der Waals surface area contributed by atoms with E-state index in [1.807, 2.05) is 49.4 Å². The summed E-state index contributed by atoms with van der Waals surface area (Å²) in [6, 6.07) is 17.8. The van der Waals surface area contributed by atoms with Crippen LogP contribution >= 0.6 is 0 Å². The number of aryl methyl sites for hydroxylation is 2. The zero-order valence-electron chi connectivity index (χ0n) is 25.2. The van der Waals surface area contributed by atoms with E-state index in [0.717, 1.165) is 27.8 Å². The van der Waals surface area contributed by atoms with Crippen LogP contribution in [0.15, 0.2) is 59.7 Å². The van der Waals surface area contributed by atoms with Crippen molar-refractivity contribution in [3.8, 4) is 17.2 Å². The summed E-state index contributed by atoms with van der Waals surface area (Å²) in [5.74, 6) is 1.45. The Morgan fingerprint density at radius 3 is 2.08 bits per heavy atom. The number of nitrogens with zero attached hydrogens (tertiary/aromatic N) is 1. The Labute approximate surface area is 239 Å². The topological polar surface area (TPSA) is 80.2 Å². The minimum absolute atomic E-state index is 0.179. The van der Waals surface area contributed by atoms with Crippen LogP contribution < -0.4 is 14.9 Å². The molecule has 2 N–H and O–H groups in total. The largest absolute Gasteiger partial charge is 0.507 e. The van der Waals surface area contributed by atoms with Gasteiger partial charge in [-0.3, -0.25) is 4.79 Å². The molecule has 0 aromatic heterocycles. The van der Waals surface area contributed by atoms with Crippen LogP contribution in [0.25, 0.3) is 0 Å². The predicted octanol–water partition coefficient (Wildman–Crippen LogP) is 7.36. The number of hydrogen-bond donors (Lipinski definition) is 2. The van der Waals surface area contributed by atoms with Crippen molar-refractivity contribution < 1.29 is 19.4 Å². The van der Waals surface area contributed by atoms with Crippen LogP contribution in [0, 0.1) is 6.92 Å². The maximum atomic E-state index is 12.6. The molecular weight excluding hydrogens is 500 g/mol. The van der Waals surface area contributed by atoms with Gasteiger partial charge in [-0.05, 0) is 77.1 Å². The fraction of sp³-hybridized carbons (Fsp3) is 0.412. The molecule has 0 aliphatic carbocycles. The zero-order chi connectivity index (χ0) is 29.5. The third-order valence-corrected chi connectivity index (χ3v) is 6.61. The molecule has 214 valence electrons. The lowest BCUT2D eigenvalue weighted by Crippen LogP contribution is -2.20. The summed E-state index contributed by atoms with van der Waals surface area (Å²) in [4.78, 5) is 12.6. The lowest BCUT2D eigenvalue weighted by atomic mass is 9.78. The lowest BCUT2D eigenvalue weighted by Gasteiger charge is -2.28. The molecule has 0 spiro atoms.